The van der Waals surface area contributed by atoms with E-state index < -0.39 is 0 Å². The Morgan fingerprint density at radius 1 is 1.45 bits per heavy atom. The summed E-state index contributed by atoms with van der Waals surface area (Å²) in [6.45, 7) is 4.01. The molecule has 1 heterocycles. The van der Waals surface area contributed by atoms with E-state index in [1.165, 1.54) is 11.3 Å². The number of hydrogen-bond donors (Lipinski definition) is 3. The number of carbonyl (C=O) groups is 1. The van der Waals surface area contributed by atoms with Crippen molar-refractivity contribution in [2.45, 2.75) is 19.9 Å². The molecule has 7 heteroatoms. The first-order valence-electron chi connectivity index (χ1n) is 6.05. The van der Waals surface area contributed by atoms with Crippen molar-refractivity contribution in [2.75, 3.05) is 16.4 Å². The van der Waals surface area contributed by atoms with Gasteiger partial charge in [0.25, 0.3) is 5.91 Å². The Bertz CT molecular complexity index is 627. The van der Waals surface area contributed by atoms with Crippen LogP contribution in [0.25, 0.3) is 0 Å². The van der Waals surface area contributed by atoms with Crippen molar-refractivity contribution in [1.82, 2.24) is 4.98 Å². The minimum Gasteiger partial charge on any atom is -0.382 e. The minimum atomic E-state index is -0.237. The van der Waals surface area contributed by atoms with E-state index in [4.69, 9.17) is 5.73 Å². The molecule has 106 valence electrons. The highest BCUT2D eigenvalue weighted by atomic mass is 127. The average Bonchev–Trinajstić information content (AvgIpc) is 2.69. The number of carbonyl (C=O) groups excluding carboxylic acids is 1. The van der Waals surface area contributed by atoms with Gasteiger partial charge in [0.05, 0.1) is 0 Å². The molecule has 5 nitrogen and oxygen atoms in total. The molecule has 0 bridgehead atoms. The lowest BCUT2D eigenvalue weighted by atomic mass is 10.3. The summed E-state index contributed by atoms with van der Waals surface area (Å²) in [7, 11) is 0. The van der Waals surface area contributed by atoms with Crippen molar-refractivity contribution in [2.24, 2.45) is 0 Å². The molecule has 0 radical (unpaired) electrons. The molecule has 1 amide bonds. The Balaban J connectivity index is 2.15. The molecule has 0 saturated heterocycles. The SMILES string of the molecule is CC(C)Nc1nc(N)c(C(=O)Nc2cccc(I)c2)s1. The lowest BCUT2D eigenvalue weighted by Gasteiger charge is -2.04. The first-order chi connectivity index (χ1) is 9.45. The van der Waals surface area contributed by atoms with Crippen molar-refractivity contribution in [1.29, 1.82) is 0 Å². The van der Waals surface area contributed by atoms with Gasteiger partial charge in [-0.15, -0.1) is 0 Å². The van der Waals surface area contributed by atoms with Gasteiger partial charge in [0.1, 0.15) is 10.7 Å². The third-order valence-corrected chi connectivity index (χ3v) is 4.03. The molecule has 0 aliphatic carbocycles. The molecule has 2 aromatic rings. The fraction of sp³-hybridized carbons (Fsp3) is 0.231. The highest BCUT2D eigenvalue weighted by molar-refractivity contribution is 14.1. The number of anilines is 3. The summed E-state index contributed by atoms with van der Waals surface area (Å²) in [6.07, 6.45) is 0. The molecule has 20 heavy (non-hydrogen) atoms. The number of amides is 1. The fourth-order valence-corrected chi connectivity index (χ4v) is 3.03. The number of rotatable bonds is 4. The molecule has 2 rings (SSSR count). The topological polar surface area (TPSA) is 80.0 Å². The van der Waals surface area contributed by atoms with E-state index in [1.54, 1.807) is 0 Å². The van der Waals surface area contributed by atoms with Gasteiger partial charge in [-0.25, -0.2) is 4.98 Å². The first kappa shape index (κ1) is 15.0. The van der Waals surface area contributed by atoms with E-state index in [-0.39, 0.29) is 17.8 Å². The number of thiazole rings is 1. The Hall–Kier alpha value is -1.35. The summed E-state index contributed by atoms with van der Waals surface area (Å²) >= 11 is 3.45. The van der Waals surface area contributed by atoms with E-state index in [0.29, 0.717) is 10.0 Å². The van der Waals surface area contributed by atoms with Crippen LogP contribution in [0.3, 0.4) is 0 Å². The third kappa shape index (κ3) is 3.83. The monoisotopic (exact) mass is 402 g/mol. The molecule has 1 aromatic carbocycles. The quantitative estimate of drug-likeness (QED) is 0.685. The number of nitrogens with one attached hydrogen (secondary N) is 2. The summed E-state index contributed by atoms with van der Waals surface area (Å²) < 4.78 is 1.06. The van der Waals surface area contributed by atoms with E-state index in [0.717, 1.165) is 9.26 Å². The van der Waals surface area contributed by atoms with Crippen LogP contribution in [0, 0.1) is 3.57 Å². The van der Waals surface area contributed by atoms with Crippen LogP contribution in [-0.4, -0.2) is 16.9 Å². The zero-order chi connectivity index (χ0) is 14.7. The van der Waals surface area contributed by atoms with Crippen LogP contribution in [0.1, 0.15) is 23.5 Å². The van der Waals surface area contributed by atoms with Crippen LogP contribution in [-0.2, 0) is 0 Å². The normalized spacial score (nSPS) is 10.6. The highest BCUT2D eigenvalue weighted by Gasteiger charge is 2.16. The van der Waals surface area contributed by atoms with Gasteiger partial charge < -0.3 is 16.4 Å². The maximum absolute atomic E-state index is 12.2. The molecule has 0 saturated carbocycles. The van der Waals surface area contributed by atoms with E-state index in [1.807, 2.05) is 38.1 Å². The molecule has 4 N–H and O–H groups in total. The maximum atomic E-state index is 12.2. The molecule has 1 aromatic heterocycles. The molecular formula is C13H15IN4OS. The van der Waals surface area contributed by atoms with Crippen LogP contribution in [0.2, 0.25) is 0 Å². The predicted octanol–water partition coefficient (Wildman–Crippen LogP) is 3.40. The van der Waals surface area contributed by atoms with Crippen LogP contribution in [0.15, 0.2) is 24.3 Å². The average molecular weight is 402 g/mol. The van der Waals surface area contributed by atoms with Crippen molar-refractivity contribution < 1.29 is 4.79 Å². The van der Waals surface area contributed by atoms with Crippen molar-refractivity contribution in [3.05, 3.63) is 32.7 Å². The van der Waals surface area contributed by atoms with Gasteiger partial charge in [0.15, 0.2) is 5.13 Å². The van der Waals surface area contributed by atoms with Crippen molar-refractivity contribution in [3.63, 3.8) is 0 Å². The van der Waals surface area contributed by atoms with Crippen molar-refractivity contribution in [3.8, 4) is 0 Å². The number of nitrogens with two attached hydrogens (primary N) is 1. The van der Waals surface area contributed by atoms with Gasteiger partial charge in [-0.05, 0) is 54.6 Å². The number of aromatic nitrogens is 1. The Morgan fingerprint density at radius 3 is 2.85 bits per heavy atom. The van der Waals surface area contributed by atoms with Gasteiger partial charge in [0.2, 0.25) is 0 Å². The molecular weight excluding hydrogens is 387 g/mol. The molecule has 0 aliphatic heterocycles. The fourth-order valence-electron chi connectivity index (χ4n) is 1.56. The van der Waals surface area contributed by atoms with Gasteiger partial charge >= 0.3 is 0 Å². The second-order valence-electron chi connectivity index (χ2n) is 4.50. The summed E-state index contributed by atoms with van der Waals surface area (Å²) in [4.78, 5) is 16.8. The predicted molar refractivity (Wildman–Crippen MR) is 92.4 cm³/mol. The summed E-state index contributed by atoms with van der Waals surface area (Å²) in [5.74, 6) is 0.0140. The Labute approximate surface area is 135 Å². The van der Waals surface area contributed by atoms with Crippen LogP contribution in [0.5, 0.6) is 0 Å². The van der Waals surface area contributed by atoms with Crippen LogP contribution in [0.4, 0.5) is 16.6 Å². The van der Waals surface area contributed by atoms with E-state index in [9.17, 15) is 4.79 Å². The lowest BCUT2D eigenvalue weighted by Crippen LogP contribution is -2.12. The molecule has 0 aliphatic rings. The van der Waals surface area contributed by atoms with Gasteiger partial charge in [-0.2, -0.15) is 0 Å². The zero-order valence-electron chi connectivity index (χ0n) is 11.1. The number of benzene rings is 1. The number of nitrogens with zero attached hydrogens (tertiary/aromatic N) is 1. The van der Waals surface area contributed by atoms with Gasteiger partial charge in [0, 0.05) is 15.3 Å². The van der Waals surface area contributed by atoms with Gasteiger partial charge in [-0.1, -0.05) is 17.4 Å². The smallest absolute Gasteiger partial charge is 0.269 e. The van der Waals surface area contributed by atoms with Crippen molar-refractivity contribution >= 4 is 56.5 Å². The molecule has 0 unspecified atom stereocenters. The lowest BCUT2D eigenvalue weighted by molar-refractivity contribution is 0.103. The third-order valence-electron chi connectivity index (χ3n) is 2.35. The molecule has 0 atom stereocenters. The minimum absolute atomic E-state index is 0.237. The number of nitrogen functional groups attached to an aromatic ring is 1. The summed E-state index contributed by atoms with van der Waals surface area (Å²) in [5.41, 5.74) is 6.54. The maximum Gasteiger partial charge on any atom is 0.269 e. The van der Waals surface area contributed by atoms with Crippen LogP contribution < -0.4 is 16.4 Å². The van der Waals surface area contributed by atoms with E-state index >= 15 is 0 Å². The largest absolute Gasteiger partial charge is 0.382 e. The highest BCUT2D eigenvalue weighted by Crippen LogP contribution is 2.26. The molecule has 0 fully saturated rings. The second-order valence-corrected chi connectivity index (χ2v) is 6.74. The number of hydrogen-bond acceptors (Lipinski definition) is 5. The summed E-state index contributed by atoms with van der Waals surface area (Å²) in [6, 6.07) is 7.82. The first-order valence-corrected chi connectivity index (χ1v) is 7.95. The Morgan fingerprint density at radius 2 is 2.20 bits per heavy atom. The van der Waals surface area contributed by atoms with E-state index in [2.05, 4.69) is 38.2 Å². The van der Waals surface area contributed by atoms with Crippen LogP contribution >= 0.6 is 33.9 Å². The Kier molecular flexibility index (Phi) is 4.81. The molecule has 0 spiro atoms. The second kappa shape index (κ2) is 6.40. The number of halogens is 1. The van der Waals surface area contributed by atoms with Gasteiger partial charge in [-0.3, -0.25) is 4.79 Å². The standard InChI is InChI=1S/C13H15IN4OS/c1-7(2)16-13-18-11(15)10(20-13)12(19)17-9-5-3-4-8(14)6-9/h3-7H,15H2,1-2H3,(H,16,18)(H,17,19). The zero-order valence-corrected chi connectivity index (χ0v) is 14.1. The summed E-state index contributed by atoms with van der Waals surface area (Å²) in [5, 5.41) is 6.62.